The van der Waals surface area contributed by atoms with Crippen molar-refractivity contribution in [3.63, 3.8) is 0 Å². The molecule has 2 rings (SSSR count). The molecule has 1 aromatic carbocycles. The maximum atomic E-state index is 6.20. The van der Waals surface area contributed by atoms with E-state index in [9.17, 15) is 0 Å². The van der Waals surface area contributed by atoms with Crippen LogP contribution in [0.15, 0.2) is 22.7 Å². The number of hydrogen-bond acceptors (Lipinski definition) is 4. The minimum atomic E-state index is 0.0797. The molecule has 4 nitrogen and oxygen atoms in total. The normalized spacial score (nSPS) is 12.7. The van der Waals surface area contributed by atoms with E-state index in [1.54, 1.807) is 0 Å². The molecule has 0 spiro atoms. The highest BCUT2D eigenvalue weighted by atomic mass is 35.5. The lowest BCUT2D eigenvalue weighted by Crippen LogP contribution is -2.10. The summed E-state index contributed by atoms with van der Waals surface area (Å²) in [5.41, 5.74) is 7.30. The second-order valence-electron chi connectivity index (χ2n) is 4.03. The van der Waals surface area contributed by atoms with Crippen LogP contribution in [-0.2, 0) is 0 Å². The van der Waals surface area contributed by atoms with Crippen LogP contribution in [0, 0.1) is 6.92 Å². The zero-order valence-corrected chi connectivity index (χ0v) is 10.5. The third-order valence-corrected chi connectivity index (χ3v) is 3.16. The number of nitrogens with two attached hydrogens (primary N) is 1. The maximum absolute atomic E-state index is 6.20. The molecule has 0 aliphatic carbocycles. The molecule has 1 heterocycles. The Morgan fingerprint density at radius 2 is 2.24 bits per heavy atom. The van der Waals surface area contributed by atoms with Crippen molar-refractivity contribution in [2.75, 3.05) is 6.54 Å². The molecule has 0 bridgehead atoms. The summed E-state index contributed by atoms with van der Waals surface area (Å²) in [4.78, 5) is 4.31. The highest BCUT2D eigenvalue weighted by molar-refractivity contribution is 6.33. The first-order valence-corrected chi connectivity index (χ1v) is 5.80. The second kappa shape index (κ2) is 4.85. The Morgan fingerprint density at radius 3 is 2.94 bits per heavy atom. The van der Waals surface area contributed by atoms with E-state index in [4.69, 9.17) is 21.9 Å². The van der Waals surface area contributed by atoms with Crippen molar-refractivity contribution >= 4 is 11.6 Å². The standard InChI is InChI=1S/C12H14ClN3O/c1-7-4-3-5-9(10(7)13)12-15-11(16-17-12)8(2)6-14/h3-5,8H,6,14H2,1-2H3. The number of rotatable bonds is 3. The number of aryl methyl sites for hydroxylation is 1. The van der Waals surface area contributed by atoms with Crippen molar-refractivity contribution in [1.82, 2.24) is 10.1 Å². The van der Waals surface area contributed by atoms with E-state index in [-0.39, 0.29) is 5.92 Å². The zero-order valence-electron chi connectivity index (χ0n) is 9.77. The molecule has 0 fully saturated rings. The predicted octanol–water partition coefficient (Wildman–Crippen LogP) is 2.76. The third-order valence-electron chi connectivity index (χ3n) is 2.66. The number of aromatic nitrogens is 2. The topological polar surface area (TPSA) is 64.9 Å². The van der Waals surface area contributed by atoms with E-state index >= 15 is 0 Å². The summed E-state index contributed by atoms with van der Waals surface area (Å²) in [6.07, 6.45) is 0. The second-order valence-corrected chi connectivity index (χ2v) is 4.41. The molecule has 1 atom stereocenters. The maximum Gasteiger partial charge on any atom is 0.259 e. The van der Waals surface area contributed by atoms with E-state index in [1.807, 2.05) is 32.0 Å². The minimum Gasteiger partial charge on any atom is -0.334 e. The lowest BCUT2D eigenvalue weighted by Gasteiger charge is -2.01. The van der Waals surface area contributed by atoms with Crippen LogP contribution in [-0.4, -0.2) is 16.7 Å². The van der Waals surface area contributed by atoms with Gasteiger partial charge in [0.25, 0.3) is 5.89 Å². The number of benzene rings is 1. The highest BCUT2D eigenvalue weighted by Gasteiger charge is 2.16. The third kappa shape index (κ3) is 2.33. The number of nitrogens with zero attached hydrogens (tertiary/aromatic N) is 2. The van der Waals surface area contributed by atoms with Crippen molar-refractivity contribution in [3.8, 4) is 11.5 Å². The molecular weight excluding hydrogens is 238 g/mol. The molecule has 0 aliphatic heterocycles. The van der Waals surface area contributed by atoms with Gasteiger partial charge in [0.1, 0.15) is 0 Å². The van der Waals surface area contributed by atoms with Crippen LogP contribution in [0.1, 0.15) is 24.2 Å². The average Bonchev–Trinajstić information content (AvgIpc) is 2.81. The molecular formula is C12H14ClN3O. The molecule has 90 valence electrons. The molecule has 0 saturated heterocycles. The fourth-order valence-corrected chi connectivity index (χ4v) is 1.67. The predicted molar refractivity (Wildman–Crippen MR) is 67.0 cm³/mol. The van der Waals surface area contributed by atoms with Crippen molar-refractivity contribution in [1.29, 1.82) is 0 Å². The van der Waals surface area contributed by atoms with Gasteiger partial charge in [-0.3, -0.25) is 0 Å². The van der Waals surface area contributed by atoms with Crippen LogP contribution >= 0.6 is 11.6 Å². The van der Waals surface area contributed by atoms with Gasteiger partial charge in [-0.15, -0.1) is 0 Å². The molecule has 5 heteroatoms. The van der Waals surface area contributed by atoms with Gasteiger partial charge in [-0.1, -0.05) is 35.8 Å². The van der Waals surface area contributed by atoms with Crippen molar-refractivity contribution in [2.24, 2.45) is 5.73 Å². The van der Waals surface area contributed by atoms with Crippen LogP contribution in [0.2, 0.25) is 5.02 Å². The Hall–Kier alpha value is -1.39. The Kier molecular flexibility index (Phi) is 3.45. The summed E-state index contributed by atoms with van der Waals surface area (Å²) >= 11 is 6.20. The largest absolute Gasteiger partial charge is 0.334 e. The molecule has 0 amide bonds. The van der Waals surface area contributed by atoms with Crippen LogP contribution in [0.3, 0.4) is 0 Å². The highest BCUT2D eigenvalue weighted by Crippen LogP contribution is 2.29. The van der Waals surface area contributed by atoms with Crippen LogP contribution in [0.4, 0.5) is 0 Å². The Labute approximate surface area is 105 Å². The molecule has 2 N–H and O–H groups in total. The summed E-state index contributed by atoms with van der Waals surface area (Å²) in [6.45, 7) is 4.37. The summed E-state index contributed by atoms with van der Waals surface area (Å²) in [5, 5.41) is 4.55. The van der Waals surface area contributed by atoms with Crippen molar-refractivity contribution in [3.05, 3.63) is 34.6 Å². The summed E-state index contributed by atoms with van der Waals surface area (Å²) in [7, 11) is 0. The van der Waals surface area contributed by atoms with Crippen LogP contribution in [0.5, 0.6) is 0 Å². The molecule has 17 heavy (non-hydrogen) atoms. The molecule has 0 saturated carbocycles. The van der Waals surface area contributed by atoms with Crippen molar-refractivity contribution < 1.29 is 4.52 Å². The average molecular weight is 252 g/mol. The summed E-state index contributed by atoms with van der Waals surface area (Å²) < 4.78 is 5.21. The fraction of sp³-hybridized carbons (Fsp3) is 0.333. The van der Waals surface area contributed by atoms with Crippen LogP contribution in [0.25, 0.3) is 11.5 Å². The first-order chi connectivity index (χ1) is 8.13. The summed E-state index contributed by atoms with van der Waals surface area (Å²) in [5.74, 6) is 1.13. The van der Waals surface area contributed by atoms with Gasteiger partial charge in [-0.25, -0.2) is 0 Å². The number of hydrogen-bond donors (Lipinski definition) is 1. The van der Waals surface area contributed by atoms with E-state index in [0.717, 1.165) is 11.1 Å². The van der Waals surface area contributed by atoms with E-state index in [1.165, 1.54) is 0 Å². The monoisotopic (exact) mass is 251 g/mol. The van der Waals surface area contributed by atoms with Gasteiger partial charge in [0, 0.05) is 12.5 Å². The first kappa shape index (κ1) is 12.1. The number of halogens is 1. The van der Waals surface area contributed by atoms with E-state index in [0.29, 0.717) is 23.3 Å². The van der Waals surface area contributed by atoms with E-state index in [2.05, 4.69) is 10.1 Å². The zero-order chi connectivity index (χ0) is 12.4. The van der Waals surface area contributed by atoms with Gasteiger partial charge in [0.05, 0.1) is 10.6 Å². The van der Waals surface area contributed by atoms with Gasteiger partial charge >= 0.3 is 0 Å². The minimum absolute atomic E-state index is 0.0797. The lowest BCUT2D eigenvalue weighted by atomic mass is 10.1. The van der Waals surface area contributed by atoms with Crippen LogP contribution < -0.4 is 5.73 Å². The molecule has 0 aliphatic rings. The Balaban J connectivity index is 2.40. The van der Waals surface area contributed by atoms with Gasteiger partial charge in [-0.2, -0.15) is 4.98 Å². The summed E-state index contributed by atoms with van der Waals surface area (Å²) in [6, 6.07) is 5.71. The fourth-order valence-electron chi connectivity index (χ4n) is 1.46. The SMILES string of the molecule is Cc1cccc(-c2nc(C(C)CN)no2)c1Cl. The molecule has 1 aromatic heterocycles. The van der Waals surface area contributed by atoms with Gasteiger partial charge in [0.15, 0.2) is 5.82 Å². The van der Waals surface area contributed by atoms with Gasteiger partial charge in [-0.05, 0) is 18.6 Å². The Bertz CT molecular complexity index is 524. The quantitative estimate of drug-likeness (QED) is 0.911. The first-order valence-electron chi connectivity index (χ1n) is 5.42. The lowest BCUT2D eigenvalue weighted by molar-refractivity contribution is 0.418. The molecule has 0 radical (unpaired) electrons. The Morgan fingerprint density at radius 1 is 1.47 bits per heavy atom. The molecule has 2 aromatic rings. The van der Waals surface area contributed by atoms with Crippen molar-refractivity contribution in [2.45, 2.75) is 19.8 Å². The van der Waals surface area contributed by atoms with E-state index < -0.39 is 0 Å². The van der Waals surface area contributed by atoms with Gasteiger partial charge < -0.3 is 10.3 Å². The van der Waals surface area contributed by atoms with Gasteiger partial charge in [0.2, 0.25) is 0 Å². The smallest absolute Gasteiger partial charge is 0.259 e. The molecule has 1 unspecified atom stereocenters.